The molecule has 17 nitrogen and oxygen atoms in total. The number of imidazole rings is 1. The van der Waals surface area contributed by atoms with E-state index < -0.39 is 62.3 Å². The van der Waals surface area contributed by atoms with E-state index in [0.717, 1.165) is 0 Å². The van der Waals surface area contributed by atoms with Crippen molar-refractivity contribution in [3.8, 4) is 5.88 Å². The summed E-state index contributed by atoms with van der Waals surface area (Å²) in [5.74, 6) is -1.13. The van der Waals surface area contributed by atoms with Gasteiger partial charge in [0.2, 0.25) is 11.8 Å². The van der Waals surface area contributed by atoms with Crippen molar-refractivity contribution in [3.63, 3.8) is 0 Å². The SMILES string of the molecule is COC(=O)C1CCCN1P(=O)(OC[C@H]1OC(n2cnc3c(OC)nc(N)nc32)[C@@](C)(O)C1O)N1CCCC1C(=O)OC. The van der Waals surface area contributed by atoms with E-state index in [1.807, 2.05) is 0 Å². The molecule has 5 heterocycles. The Bertz CT molecular complexity index is 1350. The number of carbonyl (C=O) groups is 2. The fourth-order valence-corrected chi connectivity index (χ4v) is 8.77. The van der Waals surface area contributed by atoms with Gasteiger partial charge in [-0.3, -0.25) is 18.7 Å². The van der Waals surface area contributed by atoms with Gasteiger partial charge in [0, 0.05) is 13.1 Å². The molecule has 3 aliphatic rings. The number of nitrogens with zero attached hydrogens (tertiary/aromatic N) is 6. The Morgan fingerprint density at radius 1 is 1.12 bits per heavy atom. The van der Waals surface area contributed by atoms with E-state index in [4.69, 9.17) is 29.2 Å². The van der Waals surface area contributed by atoms with Gasteiger partial charge in [-0.15, -0.1) is 0 Å². The van der Waals surface area contributed by atoms with Gasteiger partial charge in [-0.1, -0.05) is 0 Å². The molecule has 2 aromatic rings. The molecule has 3 fully saturated rings. The van der Waals surface area contributed by atoms with Crippen LogP contribution in [0.2, 0.25) is 0 Å². The molecular formula is C24H36N7O10P. The number of methoxy groups -OCH3 is 3. The van der Waals surface area contributed by atoms with Crippen LogP contribution >= 0.6 is 7.67 Å². The van der Waals surface area contributed by atoms with Gasteiger partial charge in [0.25, 0.3) is 0 Å². The zero-order valence-corrected chi connectivity index (χ0v) is 24.7. The molecule has 4 N–H and O–H groups in total. The molecule has 232 valence electrons. The van der Waals surface area contributed by atoms with Crippen LogP contribution in [0.25, 0.3) is 11.2 Å². The first-order chi connectivity index (χ1) is 20.0. The van der Waals surface area contributed by atoms with Crippen LogP contribution < -0.4 is 10.5 Å². The maximum absolute atomic E-state index is 14.9. The van der Waals surface area contributed by atoms with Crippen LogP contribution in [0.4, 0.5) is 5.95 Å². The highest BCUT2D eigenvalue weighted by Crippen LogP contribution is 2.60. The van der Waals surface area contributed by atoms with Gasteiger partial charge in [0.15, 0.2) is 17.4 Å². The first-order valence-electron chi connectivity index (χ1n) is 13.5. The Labute approximate surface area is 241 Å². The van der Waals surface area contributed by atoms with E-state index in [2.05, 4.69) is 15.0 Å². The Hall–Kier alpha value is -2.92. The van der Waals surface area contributed by atoms with Crippen molar-refractivity contribution in [1.82, 2.24) is 28.9 Å². The van der Waals surface area contributed by atoms with Crippen molar-refractivity contribution >= 4 is 36.7 Å². The largest absolute Gasteiger partial charge is 0.479 e. The molecular weight excluding hydrogens is 577 g/mol. The van der Waals surface area contributed by atoms with E-state index in [0.29, 0.717) is 25.7 Å². The van der Waals surface area contributed by atoms with Crippen molar-refractivity contribution in [3.05, 3.63) is 6.33 Å². The lowest BCUT2D eigenvalue weighted by Crippen LogP contribution is -2.46. The van der Waals surface area contributed by atoms with E-state index in [9.17, 15) is 24.4 Å². The van der Waals surface area contributed by atoms with Crippen LogP contribution in [0.3, 0.4) is 0 Å². The third-order valence-corrected chi connectivity index (χ3v) is 10.8. The molecule has 0 bridgehead atoms. The first kappa shape index (κ1) is 30.5. The quantitative estimate of drug-likeness (QED) is 0.247. The number of aliphatic hydroxyl groups excluding tert-OH is 1. The van der Waals surface area contributed by atoms with E-state index in [-0.39, 0.29) is 36.1 Å². The predicted molar refractivity (Wildman–Crippen MR) is 144 cm³/mol. The van der Waals surface area contributed by atoms with Crippen LogP contribution in [-0.2, 0) is 32.9 Å². The summed E-state index contributed by atoms with van der Waals surface area (Å²) in [5.41, 5.74) is 4.40. The average molecular weight is 614 g/mol. The standard InChI is InChI=1S/C24H36N7O10P/c1-24(35)17(32)15(41-22(24)29-12-26-16-18(29)27-23(25)28-19(16)37-2)11-40-42(36,30-9-5-7-13(30)20(33)38-3)31-10-6-8-14(31)21(34)39-4/h12-15,17,22,32,35H,5-11H2,1-4H3,(H2,25,27,28)/t13?,14?,15-,17?,22?,24+,42?/m1/s1. The zero-order valence-electron chi connectivity index (χ0n) is 23.8. The normalized spacial score (nSPS) is 31.8. The van der Waals surface area contributed by atoms with Gasteiger partial charge < -0.3 is 39.4 Å². The number of aliphatic hydroxyl groups is 2. The van der Waals surface area contributed by atoms with Crippen LogP contribution in [0.5, 0.6) is 5.88 Å². The number of nitrogen functional groups attached to an aromatic ring is 1. The Morgan fingerprint density at radius 3 is 2.26 bits per heavy atom. The third kappa shape index (κ3) is 5.02. The fraction of sp³-hybridized carbons (Fsp3) is 0.708. The number of carbonyl (C=O) groups excluding carboxylic acids is 2. The zero-order chi connectivity index (χ0) is 30.4. The molecule has 0 radical (unpaired) electrons. The van der Waals surface area contributed by atoms with Gasteiger partial charge in [-0.2, -0.15) is 9.97 Å². The number of nitrogens with two attached hydrogens (primary N) is 1. The number of fused-ring (bicyclic) bond motifs is 1. The lowest BCUT2D eigenvalue weighted by Gasteiger charge is -2.38. The van der Waals surface area contributed by atoms with Gasteiger partial charge in [-0.05, 0) is 32.6 Å². The Kier molecular flexibility index (Phi) is 8.46. The number of hydrogen-bond acceptors (Lipinski definition) is 14. The molecule has 2 aromatic heterocycles. The van der Waals surface area contributed by atoms with E-state index in [1.54, 1.807) is 0 Å². The second kappa shape index (κ2) is 11.6. The highest BCUT2D eigenvalue weighted by atomic mass is 31.2. The van der Waals surface area contributed by atoms with E-state index >= 15 is 0 Å². The molecule has 3 aliphatic heterocycles. The van der Waals surface area contributed by atoms with Gasteiger partial charge in [0.1, 0.15) is 29.9 Å². The second-order valence-corrected chi connectivity index (χ2v) is 12.9. The van der Waals surface area contributed by atoms with Crippen molar-refractivity contribution in [1.29, 1.82) is 0 Å². The van der Waals surface area contributed by atoms with Crippen molar-refractivity contribution in [2.24, 2.45) is 0 Å². The molecule has 4 unspecified atom stereocenters. The highest BCUT2D eigenvalue weighted by molar-refractivity contribution is 7.54. The number of ether oxygens (including phenoxy) is 4. The highest BCUT2D eigenvalue weighted by Gasteiger charge is 2.57. The molecule has 0 aromatic carbocycles. The van der Waals surface area contributed by atoms with Crippen LogP contribution in [-0.4, -0.2) is 122 Å². The number of anilines is 1. The summed E-state index contributed by atoms with van der Waals surface area (Å²) in [5, 5.41) is 22.5. The first-order valence-corrected chi connectivity index (χ1v) is 15.0. The molecule has 0 aliphatic carbocycles. The molecule has 3 saturated heterocycles. The second-order valence-electron chi connectivity index (χ2n) is 10.6. The van der Waals surface area contributed by atoms with Gasteiger partial charge >= 0.3 is 19.6 Å². The monoisotopic (exact) mass is 613 g/mol. The third-order valence-electron chi connectivity index (χ3n) is 8.06. The maximum Gasteiger partial charge on any atom is 0.347 e. The molecule has 6 atom stereocenters. The summed E-state index contributed by atoms with van der Waals surface area (Å²) in [7, 11) is -0.208. The van der Waals surface area contributed by atoms with Gasteiger partial charge in [0.05, 0.1) is 34.3 Å². The predicted octanol–water partition coefficient (Wildman–Crippen LogP) is -0.174. The fourth-order valence-electron chi connectivity index (χ4n) is 5.92. The lowest BCUT2D eigenvalue weighted by atomic mass is 9.96. The summed E-state index contributed by atoms with van der Waals surface area (Å²) in [6.07, 6.45) is -0.700. The number of hydrogen-bond donors (Lipinski definition) is 3. The summed E-state index contributed by atoms with van der Waals surface area (Å²) in [4.78, 5) is 37.7. The summed E-state index contributed by atoms with van der Waals surface area (Å²) >= 11 is 0. The topological polar surface area (TPSA) is 214 Å². The van der Waals surface area contributed by atoms with Crippen LogP contribution in [0, 0.1) is 0 Å². The number of esters is 2. The summed E-state index contributed by atoms with van der Waals surface area (Å²) in [6, 6.07) is -1.72. The van der Waals surface area contributed by atoms with Gasteiger partial charge in [-0.25, -0.2) is 14.3 Å². The van der Waals surface area contributed by atoms with Crippen LogP contribution in [0.15, 0.2) is 6.33 Å². The summed E-state index contributed by atoms with van der Waals surface area (Å²) in [6.45, 7) is 1.42. The van der Waals surface area contributed by atoms with E-state index in [1.165, 1.54) is 48.5 Å². The minimum Gasteiger partial charge on any atom is -0.479 e. The van der Waals surface area contributed by atoms with Crippen LogP contribution in [0.1, 0.15) is 38.8 Å². The van der Waals surface area contributed by atoms with Crippen molar-refractivity contribution in [2.45, 2.75) is 68.7 Å². The maximum atomic E-state index is 14.9. The lowest BCUT2D eigenvalue weighted by molar-refractivity contribution is -0.145. The number of rotatable bonds is 9. The minimum atomic E-state index is -4.10. The molecule has 0 saturated carbocycles. The summed E-state index contributed by atoms with van der Waals surface area (Å²) < 4.78 is 46.4. The Morgan fingerprint density at radius 2 is 1.71 bits per heavy atom. The molecule has 5 rings (SSSR count). The Balaban J connectivity index is 1.45. The molecule has 0 spiro atoms. The van der Waals surface area contributed by atoms with Crippen molar-refractivity contribution < 1.29 is 47.8 Å². The molecule has 0 amide bonds. The van der Waals surface area contributed by atoms with Crippen molar-refractivity contribution in [2.75, 3.05) is 46.8 Å². The molecule has 18 heteroatoms. The smallest absolute Gasteiger partial charge is 0.347 e. The average Bonchev–Trinajstić information content (AvgIpc) is 3.78. The minimum absolute atomic E-state index is 0.100. The number of aromatic nitrogens is 4. The molecule has 42 heavy (non-hydrogen) atoms.